The zero-order valence-corrected chi connectivity index (χ0v) is 9.86. The second kappa shape index (κ2) is 2.39. The van der Waals surface area contributed by atoms with Crippen molar-refractivity contribution in [3.63, 3.8) is 0 Å². The third kappa shape index (κ3) is 0.811. The van der Waals surface area contributed by atoms with E-state index in [0.29, 0.717) is 11.2 Å². The SMILES string of the molecule is C=C1C[C@]2(C)CCC[C@@]23CC(=O)C[C@@]13C. The summed E-state index contributed by atoms with van der Waals surface area (Å²) < 4.78 is 0. The summed E-state index contributed by atoms with van der Waals surface area (Å²) in [5.74, 6) is 0.478. The molecule has 3 atom stereocenters. The van der Waals surface area contributed by atoms with Gasteiger partial charge in [-0.2, -0.15) is 0 Å². The minimum atomic E-state index is 0.134. The van der Waals surface area contributed by atoms with Crippen molar-refractivity contribution < 1.29 is 4.79 Å². The van der Waals surface area contributed by atoms with Gasteiger partial charge in [-0.3, -0.25) is 4.79 Å². The summed E-state index contributed by atoms with van der Waals surface area (Å²) in [6.45, 7) is 8.97. The molecule has 0 aliphatic heterocycles. The van der Waals surface area contributed by atoms with Gasteiger partial charge in [-0.25, -0.2) is 0 Å². The average molecular weight is 204 g/mol. The fourth-order valence-corrected chi connectivity index (χ4v) is 5.11. The van der Waals surface area contributed by atoms with E-state index in [1.54, 1.807) is 0 Å². The monoisotopic (exact) mass is 204 g/mol. The lowest BCUT2D eigenvalue weighted by Gasteiger charge is -2.42. The third-order valence-corrected chi connectivity index (χ3v) is 5.98. The van der Waals surface area contributed by atoms with E-state index in [4.69, 9.17) is 0 Å². The van der Waals surface area contributed by atoms with Crippen molar-refractivity contribution in [1.82, 2.24) is 0 Å². The van der Waals surface area contributed by atoms with Crippen molar-refractivity contribution in [2.75, 3.05) is 0 Å². The number of rotatable bonds is 0. The maximum atomic E-state index is 11.8. The van der Waals surface area contributed by atoms with Crippen molar-refractivity contribution in [3.05, 3.63) is 12.2 Å². The second-order valence-corrected chi connectivity index (χ2v) is 6.50. The van der Waals surface area contributed by atoms with Gasteiger partial charge in [0.25, 0.3) is 0 Å². The Kier molecular flexibility index (Phi) is 1.53. The second-order valence-electron chi connectivity index (χ2n) is 6.50. The van der Waals surface area contributed by atoms with Crippen LogP contribution in [0.5, 0.6) is 0 Å². The predicted octanol–water partition coefficient (Wildman–Crippen LogP) is 3.49. The first-order chi connectivity index (χ1) is 6.94. The molecule has 82 valence electrons. The molecule has 0 bridgehead atoms. The van der Waals surface area contributed by atoms with Gasteiger partial charge in [-0.05, 0) is 30.1 Å². The molecule has 0 N–H and O–H groups in total. The van der Waals surface area contributed by atoms with Crippen molar-refractivity contribution >= 4 is 5.78 Å². The van der Waals surface area contributed by atoms with Crippen LogP contribution in [-0.4, -0.2) is 5.78 Å². The fraction of sp³-hybridized carbons (Fsp3) is 0.786. The van der Waals surface area contributed by atoms with Crippen molar-refractivity contribution in [2.45, 2.75) is 52.4 Å². The van der Waals surface area contributed by atoms with Gasteiger partial charge in [0.1, 0.15) is 5.78 Å². The number of carbonyl (C=O) groups excluding carboxylic acids is 1. The lowest BCUT2D eigenvalue weighted by molar-refractivity contribution is -0.118. The number of hydrogen-bond acceptors (Lipinski definition) is 1. The highest BCUT2D eigenvalue weighted by molar-refractivity contribution is 5.84. The van der Waals surface area contributed by atoms with E-state index in [9.17, 15) is 4.79 Å². The standard InChI is InChI=1S/C14H20O/c1-10-7-12(2)5-4-6-14(12)9-11(15)8-13(10,14)3/h1,4-9H2,2-3H3/t12-,13-,14+/m0/s1. The van der Waals surface area contributed by atoms with Crippen molar-refractivity contribution in [2.24, 2.45) is 16.2 Å². The minimum absolute atomic E-state index is 0.134. The van der Waals surface area contributed by atoms with Gasteiger partial charge in [0.05, 0.1) is 0 Å². The van der Waals surface area contributed by atoms with Crippen LogP contribution in [0.3, 0.4) is 0 Å². The molecule has 0 unspecified atom stereocenters. The number of allylic oxidation sites excluding steroid dienone is 1. The van der Waals surface area contributed by atoms with E-state index in [1.165, 1.54) is 24.8 Å². The highest BCUT2D eigenvalue weighted by atomic mass is 16.1. The summed E-state index contributed by atoms with van der Waals surface area (Å²) >= 11 is 0. The maximum Gasteiger partial charge on any atom is 0.134 e. The summed E-state index contributed by atoms with van der Waals surface area (Å²) in [7, 11) is 0. The number of ketones is 1. The van der Waals surface area contributed by atoms with Gasteiger partial charge < -0.3 is 0 Å². The average Bonchev–Trinajstić information content (AvgIpc) is 2.60. The van der Waals surface area contributed by atoms with Gasteiger partial charge >= 0.3 is 0 Å². The van der Waals surface area contributed by atoms with Crippen LogP contribution in [0.1, 0.15) is 52.4 Å². The molecule has 0 aromatic heterocycles. The molecule has 0 radical (unpaired) electrons. The zero-order valence-electron chi connectivity index (χ0n) is 9.86. The molecule has 3 aliphatic carbocycles. The van der Waals surface area contributed by atoms with E-state index >= 15 is 0 Å². The van der Waals surface area contributed by atoms with E-state index in [1.807, 2.05) is 0 Å². The topological polar surface area (TPSA) is 17.1 Å². The van der Waals surface area contributed by atoms with Gasteiger partial charge in [-0.15, -0.1) is 0 Å². The Morgan fingerprint density at radius 2 is 1.87 bits per heavy atom. The summed E-state index contributed by atoms with van der Waals surface area (Å²) in [5.41, 5.74) is 2.16. The summed E-state index contributed by atoms with van der Waals surface area (Å²) in [4.78, 5) is 11.8. The molecule has 1 spiro atoms. The van der Waals surface area contributed by atoms with Crippen molar-refractivity contribution in [3.8, 4) is 0 Å². The molecule has 0 heterocycles. The molecule has 0 amide bonds. The molecule has 3 saturated carbocycles. The highest BCUT2D eigenvalue weighted by Crippen LogP contribution is 2.77. The van der Waals surface area contributed by atoms with Crippen LogP contribution in [0.4, 0.5) is 0 Å². The van der Waals surface area contributed by atoms with Crippen LogP contribution < -0.4 is 0 Å². The number of carbonyl (C=O) groups is 1. The normalized spacial score (nSPS) is 53.5. The predicted molar refractivity (Wildman–Crippen MR) is 60.5 cm³/mol. The highest BCUT2D eigenvalue weighted by Gasteiger charge is 2.70. The Hall–Kier alpha value is -0.590. The first-order valence-electron chi connectivity index (χ1n) is 6.14. The van der Waals surface area contributed by atoms with Crippen molar-refractivity contribution in [1.29, 1.82) is 0 Å². The summed E-state index contributed by atoms with van der Waals surface area (Å²) in [6, 6.07) is 0. The van der Waals surface area contributed by atoms with Crippen LogP contribution in [0, 0.1) is 16.2 Å². The molecule has 15 heavy (non-hydrogen) atoms. The Labute approximate surface area is 91.9 Å². The molecular weight excluding hydrogens is 184 g/mol. The lowest BCUT2D eigenvalue weighted by Crippen LogP contribution is -2.37. The Bertz CT molecular complexity index is 370. The Morgan fingerprint density at radius 3 is 2.60 bits per heavy atom. The first-order valence-corrected chi connectivity index (χ1v) is 6.14. The van der Waals surface area contributed by atoms with Crippen LogP contribution in [0.25, 0.3) is 0 Å². The summed E-state index contributed by atoms with van der Waals surface area (Å²) in [6.07, 6.45) is 6.63. The summed E-state index contributed by atoms with van der Waals surface area (Å²) in [5, 5.41) is 0. The van der Waals surface area contributed by atoms with Crippen LogP contribution in [-0.2, 0) is 4.79 Å². The molecule has 3 aliphatic rings. The Morgan fingerprint density at radius 1 is 1.13 bits per heavy atom. The van der Waals surface area contributed by atoms with E-state index in [2.05, 4.69) is 20.4 Å². The zero-order chi connectivity index (χ0) is 10.9. The Balaban J connectivity index is 2.20. The quantitative estimate of drug-likeness (QED) is 0.552. The van der Waals surface area contributed by atoms with Gasteiger partial charge in [0, 0.05) is 18.3 Å². The molecule has 1 heteroatoms. The van der Waals surface area contributed by atoms with Crippen LogP contribution in [0.2, 0.25) is 0 Å². The van der Waals surface area contributed by atoms with Gasteiger partial charge in [-0.1, -0.05) is 32.4 Å². The molecule has 0 aromatic carbocycles. The van der Waals surface area contributed by atoms with E-state index < -0.39 is 0 Å². The molecule has 1 nitrogen and oxygen atoms in total. The maximum absolute atomic E-state index is 11.8. The molecule has 3 rings (SSSR count). The van der Waals surface area contributed by atoms with E-state index in [-0.39, 0.29) is 10.8 Å². The van der Waals surface area contributed by atoms with E-state index in [0.717, 1.165) is 19.3 Å². The minimum Gasteiger partial charge on any atom is -0.300 e. The van der Waals surface area contributed by atoms with Gasteiger partial charge in [0.15, 0.2) is 0 Å². The first kappa shape index (κ1) is 9.62. The number of Topliss-reactive ketones (excluding diaryl/α,β-unsaturated/α-hetero) is 1. The van der Waals surface area contributed by atoms with Gasteiger partial charge in [0.2, 0.25) is 0 Å². The molecule has 0 saturated heterocycles. The van der Waals surface area contributed by atoms with Crippen LogP contribution >= 0.6 is 0 Å². The molecule has 0 aromatic rings. The smallest absolute Gasteiger partial charge is 0.134 e. The van der Waals surface area contributed by atoms with Crippen LogP contribution in [0.15, 0.2) is 12.2 Å². The molecule has 3 fully saturated rings. The lowest BCUT2D eigenvalue weighted by atomic mass is 9.60. The molecular formula is C14H20O. The third-order valence-electron chi connectivity index (χ3n) is 5.98. The largest absolute Gasteiger partial charge is 0.300 e. The number of hydrogen-bond donors (Lipinski definition) is 0. The fourth-order valence-electron chi connectivity index (χ4n) is 5.11.